The molecular formula is C42H70O12. The molecule has 0 aromatic carbocycles. The molecule has 2 saturated heterocycles. The second-order valence-corrected chi connectivity index (χ2v) is 20.5. The number of hydrogen-bond donors (Lipinski definition) is 9. The molecule has 7 rings (SSSR count). The van der Waals surface area contributed by atoms with Crippen molar-refractivity contribution in [2.45, 2.75) is 167 Å². The molecule has 2 unspecified atom stereocenters. The molecule has 7 aliphatic rings. The SMILES string of the molecule is C=C(C)[C@@H]1CC[C@]2(CO)CC[C@]3(C)[C@H](CCC4[C@@]5(C)CCC([C@@]6(O)[C@H](O[C@@H]7O[C@H](CO)[C@@H](O)[C@H](O)[C@H]7O)[C@@H](CO)O[C@@H](O)[C@@H]6O)C(C)(C)[C@@H]5CC[C@]43C)[C@@H]12. The van der Waals surface area contributed by atoms with E-state index < -0.39 is 85.5 Å². The van der Waals surface area contributed by atoms with E-state index in [1.807, 2.05) is 0 Å². The summed E-state index contributed by atoms with van der Waals surface area (Å²) in [6.07, 6.45) is -5.01. The molecule has 0 bridgehead atoms. The van der Waals surface area contributed by atoms with Crippen molar-refractivity contribution >= 4 is 0 Å². The van der Waals surface area contributed by atoms with Crippen molar-refractivity contribution in [3.8, 4) is 0 Å². The lowest BCUT2D eigenvalue weighted by atomic mass is 9.31. The van der Waals surface area contributed by atoms with Crippen LogP contribution in [-0.2, 0) is 14.2 Å². The lowest BCUT2D eigenvalue weighted by Crippen LogP contribution is -2.75. The molecule has 54 heavy (non-hydrogen) atoms. The van der Waals surface area contributed by atoms with Crippen molar-refractivity contribution in [3.63, 3.8) is 0 Å². The zero-order valence-electron chi connectivity index (χ0n) is 33.3. The van der Waals surface area contributed by atoms with E-state index in [-0.39, 0.29) is 34.2 Å². The first-order valence-electron chi connectivity index (χ1n) is 20.8. The maximum absolute atomic E-state index is 13.0. The van der Waals surface area contributed by atoms with Crippen LogP contribution in [0.2, 0.25) is 0 Å². The van der Waals surface area contributed by atoms with Gasteiger partial charge in [0, 0.05) is 6.61 Å². The Kier molecular flexibility index (Phi) is 10.7. The first kappa shape index (κ1) is 41.4. The van der Waals surface area contributed by atoms with Gasteiger partial charge in [-0.25, -0.2) is 0 Å². The first-order valence-corrected chi connectivity index (χ1v) is 20.8. The third kappa shape index (κ3) is 5.51. The lowest BCUT2D eigenvalue weighted by Gasteiger charge is -2.74. The van der Waals surface area contributed by atoms with Gasteiger partial charge < -0.3 is 60.2 Å². The largest absolute Gasteiger partial charge is 0.396 e. The standard InChI is InChI=1S/C42H70O12/c1-21(2)22-10-15-41(20-45)17-16-39(6)23(29(22)41)8-9-28-38(5)13-11-27(37(3,4)26(38)12-14-40(28,39)7)42(51)33(49)35(50)52-25(19-44)34(42)54-36-32(48)31(47)30(46)24(18-43)53-36/h22-36,43-51H,1,8-20H2,2-7H3/t22-,23+,24+,25+,26-,27?,28?,29+,30+,31-,32+,33-,34+,35+,36-,38-,39+,40+,41+,42-/m0/s1. The molecule has 5 saturated carbocycles. The molecule has 0 radical (unpaired) electrons. The van der Waals surface area contributed by atoms with Gasteiger partial charge in [0.15, 0.2) is 12.6 Å². The number of allylic oxidation sites excluding steroid dienone is 1. The summed E-state index contributed by atoms with van der Waals surface area (Å²) in [5.41, 5.74) is -1.56. The highest BCUT2D eigenvalue weighted by atomic mass is 16.7. The topological polar surface area (TPSA) is 210 Å². The van der Waals surface area contributed by atoms with Gasteiger partial charge in [-0.15, -0.1) is 0 Å². The lowest BCUT2D eigenvalue weighted by molar-refractivity contribution is -0.392. The van der Waals surface area contributed by atoms with Crippen LogP contribution in [0.15, 0.2) is 12.2 Å². The minimum Gasteiger partial charge on any atom is -0.396 e. The third-order valence-corrected chi connectivity index (χ3v) is 18.3. The molecule has 7 fully saturated rings. The predicted molar refractivity (Wildman–Crippen MR) is 197 cm³/mol. The highest BCUT2D eigenvalue weighted by Crippen LogP contribution is 2.78. The Morgan fingerprint density at radius 2 is 1.37 bits per heavy atom. The molecule has 310 valence electrons. The minimum atomic E-state index is -2.20. The fourth-order valence-corrected chi connectivity index (χ4v) is 15.5. The van der Waals surface area contributed by atoms with Crippen LogP contribution in [0.25, 0.3) is 0 Å². The average Bonchev–Trinajstić information content (AvgIpc) is 3.52. The summed E-state index contributed by atoms with van der Waals surface area (Å²) in [4.78, 5) is 0. The predicted octanol–water partition coefficient (Wildman–Crippen LogP) is 2.24. The van der Waals surface area contributed by atoms with E-state index >= 15 is 0 Å². The summed E-state index contributed by atoms with van der Waals surface area (Å²) in [6.45, 7) is 17.3. The summed E-state index contributed by atoms with van der Waals surface area (Å²) in [7, 11) is 0. The molecule has 0 aromatic rings. The molecule has 2 heterocycles. The van der Waals surface area contributed by atoms with Gasteiger partial charge in [-0.1, -0.05) is 46.8 Å². The highest BCUT2D eigenvalue weighted by molar-refractivity contribution is 5.23. The van der Waals surface area contributed by atoms with Gasteiger partial charge in [-0.2, -0.15) is 0 Å². The fourth-order valence-electron chi connectivity index (χ4n) is 15.5. The molecular weight excluding hydrogens is 696 g/mol. The maximum Gasteiger partial charge on any atom is 0.187 e. The Hall–Kier alpha value is -0.740. The fraction of sp³-hybridized carbons (Fsp3) is 0.952. The van der Waals surface area contributed by atoms with Crippen molar-refractivity contribution in [2.75, 3.05) is 19.8 Å². The van der Waals surface area contributed by atoms with Gasteiger partial charge in [0.05, 0.1) is 13.2 Å². The summed E-state index contributed by atoms with van der Waals surface area (Å²) in [6, 6.07) is 0. The number of hydrogen-bond acceptors (Lipinski definition) is 12. The van der Waals surface area contributed by atoms with Crippen LogP contribution in [0.4, 0.5) is 0 Å². The van der Waals surface area contributed by atoms with Crippen molar-refractivity contribution in [1.82, 2.24) is 0 Å². The molecule has 2 aliphatic heterocycles. The summed E-state index contributed by atoms with van der Waals surface area (Å²) in [5, 5.41) is 98.8. The molecule has 0 aromatic heterocycles. The van der Waals surface area contributed by atoms with Crippen LogP contribution >= 0.6 is 0 Å². The van der Waals surface area contributed by atoms with Gasteiger partial charge in [0.2, 0.25) is 0 Å². The van der Waals surface area contributed by atoms with E-state index in [1.165, 1.54) is 5.57 Å². The van der Waals surface area contributed by atoms with Crippen LogP contribution in [0, 0.1) is 62.6 Å². The van der Waals surface area contributed by atoms with E-state index in [4.69, 9.17) is 14.2 Å². The quantitative estimate of drug-likeness (QED) is 0.171. The van der Waals surface area contributed by atoms with Gasteiger partial charge in [-0.05, 0) is 134 Å². The Morgan fingerprint density at radius 3 is 2.00 bits per heavy atom. The molecule has 0 spiro atoms. The van der Waals surface area contributed by atoms with Gasteiger partial charge >= 0.3 is 0 Å². The number of aliphatic hydroxyl groups excluding tert-OH is 8. The normalized spacial score (nSPS) is 57.0. The Morgan fingerprint density at radius 1 is 0.704 bits per heavy atom. The van der Waals surface area contributed by atoms with Gasteiger partial charge in [0.1, 0.15) is 48.3 Å². The highest BCUT2D eigenvalue weighted by Gasteiger charge is 2.73. The summed E-state index contributed by atoms with van der Waals surface area (Å²) >= 11 is 0. The van der Waals surface area contributed by atoms with Crippen LogP contribution in [0.3, 0.4) is 0 Å². The number of ether oxygens (including phenoxy) is 3. The summed E-state index contributed by atoms with van der Waals surface area (Å²) in [5.74, 6) is 1.24. The average molecular weight is 767 g/mol. The molecule has 12 nitrogen and oxygen atoms in total. The smallest absolute Gasteiger partial charge is 0.187 e. The van der Waals surface area contributed by atoms with Crippen molar-refractivity contribution < 1.29 is 60.2 Å². The zero-order chi connectivity index (χ0) is 39.6. The van der Waals surface area contributed by atoms with E-state index in [2.05, 4.69) is 48.1 Å². The minimum absolute atomic E-state index is 0.0245. The second-order valence-electron chi connectivity index (χ2n) is 20.5. The molecule has 5 aliphatic carbocycles. The number of aliphatic hydroxyl groups is 9. The Bertz CT molecular complexity index is 1410. The number of rotatable bonds is 7. The van der Waals surface area contributed by atoms with Crippen LogP contribution in [0.5, 0.6) is 0 Å². The maximum atomic E-state index is 13.0. The van der Waals surface area contributed by atoms with Crippen molar-refractivity contribution in [1.29, 1.82) is 0 Å². The van der Waals surface area contributed by atoms with E-state index in [0.29, 0.717) is 30.1 Å². The van der Waals surface area contributed by atoms with Gasteiger partial charge in [-0.3, -0.25) is 0 Å². The monoisotopic (exact) mass is 766 g/mol. The Labute approximate surface area is 320 Å². The molecule has 12 heteroatoms. The van der Waals surface area contributed by atoms with Crippen molar-refractivity contribution in [3.05, 3.63) is 12.2 Å². The van der Waals surface area contributed by atoms with Crippen LogP contribution in [0.1, 0.15) is 106 Å². The van der Waals surface area contributed by atoms with Crippen molar-refractivity contribution in [2.24, 2.45) is 62.6 Å². The molecule has 20 atom stereocenters. The summed E-state index contributed by atoms with van der Waals surface area (Å²) < 4.78 is 17.5. The zero-order valence-corrected chi connectivity index (χ0v) is 33.3. The van der Waals surface area contributed by atoms with Crippen LogP contribution in [-0.4, -0.2) is 127 Å². The van der Waals surface area contributed by atoms with E-state index in [0.717, 1.165) is 57.8 Å². The van der Waals surface area contributed by atoms with E-state index in [9.17, 15) is 46.0 Å². The van der Waals surface area contributed by atoms with Crippen LogP contribution < -0.4 is 0 Å². The first-order chi connectivity index (χ1) is 25.2. The van der Waals surface area contributed by atoms with E-state index in [1.54, 1.807) is 0 Å². The molecule has 0 amide bonds. The van der Waals surface area contributed by atoms with Gasteiger partial charge in [0.25, 0.3) is 0 Å². The Balaban J connectivity index is 1.21. The molecule has 9 N–H and O–H groups in total. The number of fused-ring (bicyclic) bond motifs is 7. The second kappa shape index (κ2) is 13.9. The third-order valence-electron chi connectivity index (χ3n) is 18.3.